The number of hydrogen-bond acceptors (Lipinski definition) is 3. The predicted octanol–water partition coefficient (Wildman–Crippen LogP) is -0.532. The summed E-state index contributed by atoms with van der Waals surface area (Å²) in [5.41, 5.74) is 10.4. The Morgan fingerprint density at radius 1 is 1.58 bits per heavy atom. The first-order chi connectivity index (χ1) is 5.45. The maximum absolute atomic E-state index is 10.7. The van der Waals surface area contributed by atoms with Crippen LogP contribution in [0.15, 0.2) is 0 Å². The lowest BCUT2D eigenvalue weighted by molar-refractivity contribution is -0.122. The Balaban J connectivity index is 3.79. The molecule has 0 rings (SSSR count). The van der Waals surface area contributed by atoms with E-state index >= 15 is 0 Å². The van der Waals surface area contributed by atoms with Gasteiger partial charge in [-0.25, -0.2) is 0 Å². The van der Waals surface area contributed by atoms with Gasteiger partial charge in [-0.1, -0.05) is 12.2 Å². The second-order valence-electron chi connectivity index (χ2n) is 2.78. The van der Waals surface area contributed by atoms with Crippen molar-refractivity contribution in [2.45, 2.75) is 19.4 Å². The largest absolute Gasteiger partial charge is 0.393 e. The molecule has 0 saturated carbocycles. The van der Waals surface area contributed by atoms with E-state index in [-0.39, 0.29) is 11.9 Å². The number of likely N-dealkylation sites (N-methyl/N-ethyl adjacent to an activating group) is 1. The summed E-state index contributed by atoms with van der Waals surface area (Å²) < 4.78 is 0. The molecule has 0 fully saturated rings. The van der Waals surface area contributed by atoms with E-state index in [1.54, 1.807) is 6.92 Å². The van der Waals surface area contributed by atoms with Gasteiger partial charge in [-0.15, -0.1) is 0 Å². The molecular weight excluding hydrogens is 174 g/mol. The quantitative estimate of drug-likeness (QED) is 0.570. The minimum Gasteiger partial charge on any atom is -0.393 e. The van der Waals surface area contributed by atoms with Crippen LogP contribution in [-0.2, 0) is 4.79 Å². The lowest BCUT2D eigenvalue weighted by Gasteiger charge is -2.21. The standard InChI is InChI=1S/C7H15N3OS/c1-5(7(9)11)10(2)4-3-6(8)12/h5H,3-4H2,1-2H3,(H2,8,12)(H2,9,11). The number of carbonyl (C=O) groups is 1. The van der Waals surface area contributed by atoms with Crippen LogP contribution < -0.4 is 11.5 Å². The number of primary amides is 1. The number of amides is 1. The van der Waals surface area contributed by atoms with Crippen LogP contribution in [0.4, 0.5) is 0 Å². The molecule has 0 aliphatic carbocycles. The van der Waals surface area contributed by atoms with Crippen LogP contribution in [0.5, 0.6) is 0 Å². The average Bonchev–Trinajstić information content (AvgIpc) is 1.98. The third-order valence-electron chi connectivity index (χ3n) is 1.78. The zero-order valence-corrected chi connectivity index (χ0v) is 8.23. The Morgan fingerprint density at radius 2 is 2.08 bits per heavy atom. The second-order valence-corrected chi connectivity index (χ2v) is 3.30. The van der Waals surface area contributed by atoms with Crippen LogP contribution in [0.25, 0.3) is 0 Å². The molecule has 4 N–H and O–H groups in total. The molecule has 1 unspecified atom stereocenters. The zero-order chi connectivity index (χ0) is 9.72. The minimum atomic E-state index is -0.333. The average molecular weight is 189 g/mol. The van der Waals surface area contributed by atoms with E-state index in [9.17, 15) is 4.79 Å². The fourth-order valence-corrected chi connectivity index (χ4v) is 0.789. The molecule has 0 spiro atoms. The van der Waals surface area contributed by atoms with E-state index in [0.717, 1.165) is 0 Å². The van der Waals surface area contributed by atoms with Crippen LogP contribution in [0.1, 0.15) is 13.3 Å². The highest BCUT2D eigenvalue weighted by Crippen LogP contribution is 1.95. The molecule has 0 aromatic rings. The van der Waals surface area contributed by atoms with Crippen molar-refractivity contribution in [1.29, 1.82) is 0 Å². The van der Waals surface area contributed by atoms with Gasteiger partial charge in [-0.2, -0.15) is 0 Å². The molecule has 12 heavy (non-hydrogen) atoms. The lowest BCUT2D eigenvalue weighted by atomic mass is 10.2. The molecule has 0 aliphatic heterocycles. The van der Waals surface area contributed by atoms with Gasteiger partial charge >= 0.3 is 0 Å². The third kappa shape index (κ3) is 4.25. The molecule has 0 radical (unpaired) electrons. The summed E-state index contributed by atoms with van der Waals surface area (Å²) in [4.78, 5) is 13.0. The Morgan fingerprint density at radius 3 is 2.42 bits per heavy atom. The molecule has 5 heteroatoms. The van der Waals surface area contributed by atoms with Gasteiger partial charge in [0, 0.05) is 13.0 Å². The van der Waals surface area contributed by atoms with Gasteiger partial charge in [0.1, 0.15) is 0 Å². The van der Waals surface area contributed by atoms with Crippen molar-refractivity contribution in [3.05, 3.63) is 0 Å². The van der Waals surface area contributed by atoms with E-state index in [2.05, 4.69) is 0 Å². The van der Waals surface area contributed by atoms with Gasteiger partial charge in [0.15, 0.2) is 0 Å². The number of nitrogens with two attached hydrogens (primary N) is 2. The normalized spacial score (nSPS) is 12.9. The van der Waals surface area contributed by atoms with Gasteiger partial charge in [0.2, 0.25) is 5.91 Å². The van der Waals surface area contributed by atoms with Crippen molar-refractivity contribution in [2.24, 2.45) is 11.5 Å². The number of nitrogens with zero attached hydrogens (tertiary/aromatic N) is 1. The fourth-order valence-electron chi connectivity index (χ4n) is 0.697. The fraction of sp³-hybridized carbons (Fsp3) is 0.714. The van der Waals surface area contributed by atoms with Gasteiger partial charge in [-0.3, -0.25) is 9.69 Å². The summed E-state index contributed by atoms with van der Waals surface area (Å²) in [7, 11) is 1.81. The summed E-state index contributed by atoms with van der Waals surface area (Å²) in [6.07, 6.45) is 0.615. The van der Waals surface area contributed by atoms with Crippen molar-refractivity contribution < 1.29 is 4.79 Å². The van der Waals surface area contributed by atoms with Crippen molar-refractivity contribution >= 4 is 23.1 Å². The highest BCUT2D eigenvalue weighted by atomic mass is 32.1. The molecule has 70 valence electrons. The van der Waals surface area contributed by atoms with Gasteiger partial charge in [0.25, 0.3) is 0 Å². The topological polar surface area (TPSA) is 72.4 Å². The number of thiocarbonyl (C=S) groups is 1. The maximum Gasteiger partial charge on any atom is 0.234 e. The summed E-state index contributed by atoms with van der Waals surface area (Å²) in [5, 5.41) is 0. The molecule has 0 aliphatic rings. The molecular formula is C7H15N3OS. The first-order valence-electron chi connectivity index (χ1n) is 3.73. The van der Waals surface area contributed by atoms with Crippen molar-refractivity contribution in [1.82, 2.24) is 4.90 Å². The number of carbonyl (C=O) groups excluding carboxylic acids is 1. The Bertz CT molecular complexity index is 183. The molecule has 4 nitrogen and oxygen atoms in total. The smallest absolute Gasteiger partial charge is 0.234 e. The van der Waals surface area contributed by atoms with Crippen molar-refractivity contribution in [3.63, 3.8) is 0 Å². The van der Waals surface area contributed by atoms with Crippen molar-refractivity contribution in [3.8, 4) is 0 Å². The lowest BCUT2D eigenvalue weighted by Crippen LogP contribution is -2.41. The summed E-state index contributed by atoms with van der Waals surface area (Å²) in [6, 6.07) is -0.264. The molecule has 0 aromatic heterocycles. The monoisotopic (exact) mass is 189 g/mol. The van der Waals surface area contributed by atoms with Crippen LogP contribution in [0, 0.1) is 0 Å². The van der Waals surface area contributed by atoms with Crippen LogP contribution in [-0.4, -0.2) is 35.4 Å². The van der Waals surface area contributed by atoms with E-state index in [0.29, 0.717) is 18.0 Å². The number of rotatable bonds is 5. The Kier molecular flexibility index (Phi) is 4.77. The highest BCUT2D eigenvalue weighted by molar-refractivity contribution is 7.80. The summed E-state index contributed by atoms with van der Waals surface area (Å²) >= 11 is 4.70. The van der Waals surface area contributed by atoms with E-state index in [4.69, 9.17) is 23.7 Å². The molecule has 0 bridgehead atoms. The predicted molar refractivity (Wildman–Crippen MR) is 52.7 cm³/mol. The molecule has 1 atom stereocenters. The molecule has 0 saturated heterocycles. The SMILES string of the molecule is CC(C(N)=O)N(C)CCC(N)=S. The van der Waals surface area contributed by atoms with Gasteiger partial charge in [0.05, 0.1) is 11.0 Å². The van der Waals surface area contributed by atoms with Crippen LogP contribution in [0.2, 0.25) is 0 Å². The second kappa shape index (κ2) is 5.05. The van der Waals surface area contributed by atoms with Crippen molar-refractivity contribution in [2.75, 3.05) is 13.6 Å². The Hall–Kier alpha value is -0.680. The summed E-state index contributed by atoms with van der Waals surface area (Å²) in [6.45, 7) is 2.42. The first-order valence-corrected chi connectivity index (χ1v) is 4.14. The van der Waals surface area contributed by atoms with Gasteiger partial charge < -0.3 is 11.5 Å². The maximum atomic E-state index is 10.7. The van der Waals surface area contributed by atoms with Gasteiger partial charge in [-0.05, 0) is 14.0 Å². The molecule has 1 amide bonds. The van der Waals surface area contributed by atoms with E-state index in [1.807, 2.05) is 11.9 Å². The number of hydrogen-bond donors (Lipinski definition) is 2. The van der Waals surface area contributed by atoms with Crippen LogP contribution in [0.3, 0.4) is 0 Å². The zero-order valence-electron chi connectivity index (χ0n) is 7.41. The highest BCUT2D eigenvalue weighted by Gasteiger charge is 2.13. The third-order valence-corrected chi connectivity index (χ3v) is 1.99. The summed E-state index contributed by atoms with van der Waals surface area (Å²) in [5.74, 6) is -0.333. The Labute approximate surface area is 77.9 Å². The van der Waals surface area contributed by atoms with E-state index in [1.165, 1.54) is 0 Å². The van der Waals surface area contributed by atoms with E-state index < -0.39 is 0 Å². The minimum absolute atomic E-state index is 0.264. The van der Waals surface area contributed by atoms with Crippen LogP contribution >= 0.6 is 12.2 Å². The molecule has 0 aromatic carbocycles. The molecule has 0 heterocycles. The first kappa shape index (κ1) is 11.3.